The molecule has 12 heteroatoms. The van der Waals surface area contributed by atoms with Gasteiger partial charge in [0.05, 0.1) is 4.91 Å². The lowest BCUT2D eigenvalue weighted by Crippen LogP contribution is -2.37. The van der Waals surface area contributed by atoms with Crippen molar-refractivity contribution in [3.63, 3.8) is 0 Å². The number of aromatic nitrogens is 3. The van der Waals surface area contributed by atoms with Crippen molar-refractivity contribution < 1.29 is 18.8 Å². The number of thioether (sulfide) groups is 1. The van der Waals surface area contributed by atoms with E-state index in [9.17, 15) is 23.6 Å². The van der Waals surface area contributed by atoms with Crippen LogP contribution in [-0.2, 0) is 16.0 Å². The van der Waals surface area contributed by atoms with Gasteiger partial charge in [0.25, 0.3) is 16.7 Å². The molecule has 0 atom stereocenters. The minimum Gasteiger partial charge on any atom is -0.354 e. The summed E-state index contributed by atoms with van der Waals surface area (Å²) in [5, 5.41) is 8.38. The van der Waals surface area contributed by atoms with E-state index in [4.69, 9.17) is 12.2 Å². The van der Waals surface area contributed by atoms with E-state index in [-0.39, 0.29) is 47.2 Å². The molecule has 3 rings (SSSR count). The maximum atomic E-state index is 13.0. The maximum Gasteiger partial charge on any atom is 0.293 e. The Balaban J connectivity index is 1.49. The Bertz CT molecular complexity index is 1130. The van der Waals surface area contributed by atoms with Gasteiger partial charge in [0, 0.05) is 25.9 Å². The number of nitrogens with one attached hydrogen (secondary N) is 3. The summed E-state index contributed by atoms with van der Waals surface area (Å²) < 4.78 is 13.1. The van der Waals surface area contributed by atoms with Crippen molar-refractivity contribution >= 4 is 47.1 Å². The van der Waals surface area contributed by atoms with Gasteiger partial charge in [-0.05, 0) is 47.8 Å². The van der Waals surface area contributed by atoms with Gasteiger partial charge in [0.1, 0.15) is 11.5 Å². The molecule has 3 amide bonds. The van der Waals surface area contributed by atoms with E-state index in [1.54, 1.807) is 0 Å². The van der Waals surface area contributed by atoms with Crippen LogP contribution in [-0.4, -0.2) is 50.2 Å². The van der Waals surface area contributed by atoms with E-state index in [0.717, 1.165) is 16.7 Å². The molecular formula is C18H16FN5O4S2. The van der Waals surface area contributed by atoms with Gasteiger partial charge in [-0.1, -0.05) is 12.1 Å². The van der Waals surface area contributed by atoms with Gasteiger partial charge in [-0.25, -0.2) is 4.39 Å². The first kappa shape index (κ1) is 21.6. The number of aryl methyl sites for hydroxylation is 1. The van der Waals surface area contributed by atoms with Gasteiger partial charge >= 0.3 is 0 Å². The monoisotopic (exact) mass is 449 g/mol. The van der Waals surface area contributed by atoms with Crippen LogP contribution >= 0.6 is 24.0 Å². The summed E-state index contributed by atoms with van der Waals surface area (Å²) in [6.45, 7) is 0.0795. The van der Waals surface area contributed by atoms with E-state index < -0.39 is 22.5 Å². The van der Waals surface area contributed by atoms with Crippen LogP contribution in [0.5, 0.6) is 0 Å². The fourth-order valence-corrected chi connectivity index (χ4v) is 3.58. The minimum absolute atomic E-state index is 0.00700. The van der Waals surface area contributed by atoms with Crippen LogP contribution in [0.2, 0.25) is 0 Å². The van der Waals surface area contributed by atoms with Crippen LogP contribution in [0.3, 0.4) is 0 Å². The molecule has 0 aliphatic carbocycles. The fraction of sp³-hybridized carbons (Fsp3) is 0.222. The number of halogens is 1. The number of hydrogen-bond acceptors (Lipinski definition) is 7. The van der Waals surface area contributed by atoms with Crippen LogP contribution in [0.15, 0.2) is 34.0 Å². The standard InChI is InChI=1S/C18H16FN5O4S2/c19-11-3-1-10(2-4-11)9-13-16(27)24(18(28)30-13)8-7-20-14(25)6-5-12-15(26)21-17(29)23-22-12/h1-4,9H,5-8H2,(H,20,25)(H2,21,23,26,29)/b13-9-. The molecule has 1 aliphatic heterocycles. The lowest BCUT2D eigenvalue weighted by Gasteiger charge is -2.12. The zero-order valence-corrected chi connectivity index (χ0v) is 17.1. The number of amides is 3. The Morgan fingerprint density at radius 1 is 1.27 bits per heavy atom. The van der Waals surface area contributed by atoms with E-state index in [0.29, 0.717) is 5.56 Å². The normalized spacial score (nSPS) is 15.1. The van der Waals surface area contributed by atoms with Crippen LogP contribution in [0, 0.1) is 10.6 Å². The zero-order valence-electron chi connectivity index (χ0n) is 15.4. The highest BCUT2D eigenvalue weighted by Gasteiger charge is 2.34. The van der Waals surface area contributed by atoms with E-state index in [1.807, 2.05) is 0 Å². The number of nitrogens with zero attached hydrogens (tertiary/aromatic N) is 2. The van der Waals surface area contributed by atoms with Gasteiger partial charge in [0.2, 0.25) is 5.91 Å². The van der Waals surface area contributed by atoms with Crippen LogP contribution in [0.4, 0.5) is 9.18 Å². The summed E-state index contributed by atoms with van der Waals surface area (Å²) in [4.78, 5) is 51.7. The molecule has 0 spiro atoms. The van der Waals surface area contributed by atoms with Gasteiger partial charge in [-0.3, -0.25) is 34.2 Å². The number of carbonyl (C=O) groups excluding carboxylic acids is 3. The topological polar surface area (TPSA) is 128 Å². The number of aromatic amines is 2. The van der Waals surface area contributed by atoms with Gasteiger partial charge in [-0.2, -0.15) is 5.10 Å². The smallest absolute Gasteiger partial charge is 0.293 e. The predicted molar refractivity (Wildman–Crippen MR) is 110 cm³/mol. The Hall–Kier alpha value is -3.12. The minimum atomic E-state index is -0.473. The average Bonchev–Trinajstić information content (AvgIpc) is 2.96. The van der Waals surface area contributed by atoms with Crippen LogP contribution in [0.25, 0.3) is 6.08 Å². The third kappa shape index (κ3) is 5.48. The summed E-state index contributed by atoms with van der Waals surface area (Å²) in [6.07, 6.45) is 1.63. The quantitative estimate of drug-likeness (QED) is 0.434. The molecule has 3 N–H and O–H groups in total. The number of carbonyl (C=O) groups is 3. The molecule has 1 aromatic carbocycles. The van der Waals surface area contributed by atoms with Crippen molar-refractivity contribution in [2.45, 2.75) is 12.8 Å². The Kier molecular flexibility index (Phi) is 6.90. The maximum absolute atomic E-state index is 13.0. The predicted octanol–water partition coefficient (Wildman–Crippen LogP) is 1.75. The van der Waals surface area contributed by atoms with Crippen molar-refractivity contribution in [2.24, 2.45) is 0 Å². The summed E-state index contributed by atoms with van der Waals surface area (Å²) in [6, 6.07) is 5.53. The second-order valence-electron chi connectivity index (χ2n) is 6.19. The Morgan fingerprint density at radius 2 is 2.00 bits per heavy atom. The molecule has 0 unspecified atom stereocenters. The zero-order chi connectivity index (χ0) is 21.7. The second-order valence-corrected chi connectivity index (χ2v) is 7.59. The largest absolute Gasteiger partial charge is 0.354 e. The molecule has 156 valence electrons. The first-order valence-electron chi connectivity index (χ1n) is 8.79. The first-order valence-corrected chi connectivity index (χ1v) is 10.0. The number of rotatable bonds is 7. The summed E-state index contributed by atoms with van der Waals surface area (Å²) in [5.74, 6) is -1.22. The molecule has 2 aromatic rings. The highest BCUT2D eigenvalue weighted by molar-refractivity contribution is 8.18. The highest BCUT2D eigenvalue weighted by atomic mass is 32.2. The fourth-order valence-electron chi connectivity index (χ4n) is 2.57. The molecule has 30 heavy (non-hydrogen) atoms. The molecule has 1 saturated heterocycles. The van der Waals surface area contributed by atoms with Crippen molar-refractivity contribution in [1.29, 1.82) is 0 Å². The van der Waals surface area contributed by atoms with E-state index in [2.05, 4.69) is 20.5 Å². The third-order valence-corrected chi connectivity index (χ3v) is 5.17. The number of imide groups is 1. The number of hydrogen-bond donors (Lipinski definition) is 3. The molecule has 0 bridgehead atoms. The first-order chi connectivity index (χ1) is 14.3. The molecule has 2 heterocycles. The second kappa shape index (κ2) is 9.59. The van der Waals surface area contributed by atoms with Crippen molar-refractivity contribution in [3.8, 4) is 0 Å². The molecular weight excluding hydrogens is 433 g/mol. The summed E-state index contributed by atoms with van der Waals surface area (Å²) >= 11 is 5.52. The number of benzene rings is 1. The van der Waals surface area contributed by atoms with Gasteiger partial charge < -0.3 is 5.32 Å². The van der Waals surface area contributed by atoms with Crippen LogP contribution < -0.4 is 10.9 Å². The lowest BCUT2D eigenvalue weighted by molar-refractivity contribution is -0.124. The lowest BCUT2D eigenvalue weighted by atomic mass is 10.2. The highest BCUT2D eigenvalue weighted by Crippen LogP contribution is 2.31. The average molecular weight is 449 g/mol. The molecule has 0 radical (unpaired) electrons. The van der Waals surface area contributed by atoms with Crippen molar-refractivity contribution in [3.05, 3.63) is 61.4 Å². The van der Waals surface area contributed by atoms with Gasteiger partial charge in [0.15, 0.2) is 4.77 Å². The van der Waals surface area contributed by atoms with Gasteiger partial charge in [-0.15, -0.1) is 0 Å². The molecule has 9 nitrogen and oxygen atoms in total. The van der Waals surface area contributed by atoms with E-state index in [1.165, 1.54) is 30.3 Å². The Morgan fingerprint density at radius 3 is 2.70 bits per heavy atom. The molecule has 1 fully saturated rings. The SMILES string of the molecule is O=C(CCc1n[nH]c(=S)[nH]c1=O)NCCN1C(=O)S/C(=C\c2ccc(F)cc2)C1=O. The molecule has 1 aliphatic rings. The molecule has 0 saturated carbocycles. The Labute approximate surface area is 178 Å². The summed E-state index contributed by atoms with van der Waals surface area (Å²) in [7, 11) is 0. The summed E-state index contributed by atoms with van der Waals surface area (Å²) in [5.41, 5.74) is 0.285. The van der Waals surface area contributed by atoms with Crippen LogP contribution in [0.1, 0.15) is 17.7 Å². The molecule has 1 aromatic heterocycles. The third-order valence-electron chi connectivity index (χ3n) is 4.07. The van der Waals surface area contributed by atoms with Crippen molar-refractivity contribution in [1.82, 2.24) is 25.4 Å². The number of H-pyrrole nitrogens is 2. The van der Waals surface area contributed by atoms with Crippen molar-refractivity contribution in [2.75, 3.05) is 13.1 Å². The van der Waals surface area contributed by atoms with E-state index >= 15 is 0 Å².